The molecule has 0 bridgehead atoms. The molecule has 1 aromatic carbocycles. The minimum atomic E-state index is -4.64. The number of benzene rings is 1. The number of nitrogens with one attached hydrogen (secondary N) is 1. The van der Waals surface area contributed by atoms with Crippen LogP contribution in [-0.2, 0) is 30.6 Å². The van der Waals surface area contributed by atoms with E-state index >= 15 is 0 Å². The van der Waals surface area contributed by atoms with Gasteiger partial charge >= 0.3 is 13.3 Å². The summed E-state index contributed by atoms with van der Waals surface area (Å²) in [4.78, 5) is 10.3. The fourth-order valence-corrected chi connectivity index (χ4v) is 4.16. The Balaban J connectivity index is 3.20. The largest absolute Gasteiger partial charge is 0.404 e. The topological polar surface area (TPSA) is 64.6 Å². The highest BCUT2D eigenvalue weighted by molar-refractivity contribution is 9.10. The van der Waals surface area contributed by atoms with E-state index in [9.17, 15) is 18.1 Å². The van der Waals surface area contributed by atoms with E-state index in [0.717, 1.165) is 6.07 Å². The number of carbonyl (C=O) groups excluding carboxylic acids is 1. The second-order valence-electron chi connectivity index (χ2n) is 4.19. The van der Waals surface area contributed by atoms with Crippen LogP contribution in [0.15, 0.2) is 22.7 Å². The number of rotatable bonds is 9. The molecule has 1 rings (SSSR count). The molecule has 0 aromatic heterocycles. The van der Waals surface area contributed by atoms with Crippen molar-refractivity contribution >= 4 is 29.9 Å². The van der Waals surface area contributed by atoms with Gasteiger partial charge in [-0.2, -0.15) is 8.78 Å². The van der Waals surface area contributed by atoms with E-state index in [1.54, 1.807) is 0 Å². The molecule has 22 heavy (non-hydrogen) atoms. The third-order valence-electron chi connectivity index (χ3n) is 2.69. The van der Waals surface area contributed by atoms with E-state index < -0.39 is 18.8 Å². The van der Waals surface area contributed by atoms with Crippen LogP contribution in [0.5, 0.6) is 0 Å². The van der Waals surface area contributed by atoms with E-state index in [4.69, 9.17) is 9.05 Å². The van der Waals surface area contributed by atoms with Crippen LogP contribution in [0.2, 0.25) is 0 Å². The summed E-state index contributed by atoms with van der Waals surface area (Å²) in [6.45, 7) is 2.80. The number of halogens is 3. The number of hydrogen-bond donors (Lipinski definition) is 1. The van der Waals surface area contributed by atoms with Gasteiger partial charge < -0.3 is 14.4 Å². The molecule has 1 amide bonds. The molecule has 0 aliphatic carbocycles. The van der Waals surface area contributed by atoms with Crippen LogP contribution < -0.4 is 5.32 Å². The normalized spacial score (nSPS) is 12.2. The average molecular weight is 400 g/mol. The number of amides is 1. The second kappa shape index (κ2) is 8.15. The molecule has 0 unspecified atom stereocenters. The molecule has 1 aromatic rings. The van der Waals surface area contributed by atoms with Crippen LogP contribution in [-0.4, -0.2) is 19.6 Å². The van der Waals surface area contributed by atoms with Gasteiger partial charge in [-0.1, -0.05) is 28.1 Å². The molecule has 0 heterocycles. The Bertz CT molecular complexity index is 561. The monoisotopic (exact) mass is 399 g/mol. The second-order valence-corrected chi connectivity index (χ2v) is 7.11. The van der Waals surface area contributed by atoms with Gasteiger partial charge in [0.05, 0.1) is 13.2 Å². The number of carbonyl (C=O) groups is 1. The molecule has 9 heteroatoms. The fraction of sp³-hybridized carbons (Fsp3) is 0.462. The zero-order chi connectivity index (χ0) is 16.8. The van der Waals surface area contributed by atoms with Crippen LogP contribution in [0.4, 0.5) is 8.78 Å². The van der Waals surface area contributed by atoms with Crippen LogP contribution in [0.25, 0.3) is 0 Å². The molecule has 0 aliphatic heterocycles. The summed E-state index contributed by atoms with van der Waals surface area (Å²) in [5, 5.41) is 2.43. The maximum atomic E-state index is 14.6. The third kappa shape index (κ3) is 4.13. The molecule has 0 atom stereocenters. The first-order valence-electron chi connectivity index (χ1n) is 6.55. The fourth-order valence-electron chi connectivity index (χ4n) is 1.76. The van der Waals surface area contributed by atoms with Crippen molar-refractivity contribution in [1.82, 2.24) is 5.32 Å². The van der Waals surface area contributed by atoms with E-state index in [1.165, 1.54) is 26.0 Å². The van der Waals surface area contributed by atoms with Crippen LogP contribution in [0.1, 0.15) is 25.0 Å². The Morgan fingerprint density at radius 2 is 1.91 bits per heavy atom. The lowest BCUT2D eigenvalue weighted by molar-refractivity contribution is -0.109. The lowest BCUT2D eigenvalue weighted by atomic mass is 10.1. The van der Waals surface area contributed by atoms with Gasteiger partial charge in [0.25, 0.3) is 0 Å². The van der Waals surface area contributed by atoms with Gasteiger partial charge in [0.15, 0.2) is 0 Å². The van der Waals surface area contributed by atoms with E-state index in [0.29, 0.717) is 12.0 Å². The van der Waals surface area contributed by atoms with Crippen molar-refractivity contribution in [2.45, 2.75) is 26.1 Å². The zero-order valence-electron chi connectivity index (χ0n) is 12.1. The minimum absolute atomic E-state index is 0.0577. The molecule has 0 radical (unpaired) electrons. The summed E-state index contributed by atoms with van der Waals surface area (Å²) in [5.74, 6) is 0. The van der Waals surface area contributed by atoms with Gasteiger partial charge in [-0.3, -0.25) is 9.36 Å². The van der Waals surface area contributed by atoms with Crippen LogP contribution in [0.3, 0.4) is 0 Å². The Hall–Kier alpha value is -0.820. The highest BCUT2D eigenvalue weighted by Gasteiger charge is 2.55. The van der Waals surface area contributed by atoms with Gasteiger partial charge in [-0.15, -0.1) is 0 Å². The molecule has 0 fully saturated rings. The SMILES string of the molecule is CCOP(=O)(OCC)C(F)(F)c1ccc(CNC=O)cc1Br. The van der Waals surface area contributed by atoms with Gasteiger partial charge in [0.1, 0.15) is 0 Å². The molecule has 0 aliphatic rings. The van der Waals surface area contributed by atoms with Crippen LogP contribution in [0, 0.1) is 0 Å². The summed E-state index contributed by atoms with van der Waals surface area (Å²) in [7, 11) is -4.64. The average Bonchev–Trinajstić information content (AvgIpc) is 2.45. The van der Waals surface area contributed by atoms with Gasteiger partial charge in [0, 0.05) is 16.6 Å². The molecule has 0 saturated carbocycles. The Morgan fingerprint density at radius 1 is 1.32 bits per heavy atom. The standard InChI is InChI=1S/C13H17BrF2NO4P/c1-3-20-22(19,21-4-2)13(15,16)11-6-5-10(7-12(11)14)8-17-9-18/h5-7,9H,3-4,8H2,1-2H3,(H,17,18). The van der Waals surface area contributed by atoms with Gasteiger partial charge in [0.2, 0.25) is 6.41 Å². The number of hydrogen-bond acceptors (Lipinski definition) is 4. The van der Waals surface area contributed by atoms with Gasteiger partial charge in [-0.05, 0) is 25.5 Å². The minimum Gasteiger partial charge on any atom is -0.355 e. The Labute approximate surface area is 136 Å². The van der Waals surface area contributed by atoms with Crippen molar-refractivity contribution in [3.8, 4) is 0 Å². The predicted octanol–water partition coefficient (Wildman–Crippen LogP) is 4.01. The smallest absolute Gasteiger partial charge is 0.355 e. The maximum Gasteiger partial charge on any atom is 0.404 e. The molecule has 0 saturated heterocycles. The summed E-state index contributed by atoms with van der Waals surface area (Å²) < 4.78 is 51.1. The van der Waals surface area contributed by atoms with Crippen molar-refractivity contribution in [3.63, 3.8) is 0 Å². The van der Waals surface area contributed by atoms with Crippen molar-refractivity contribution in [2.24, 2.45) is 0 Å². The van der Waals surface area contributed by atoms with Crippen molar-refractivity contribution in [1.29, 1.82) is 0 Å². The first-order chi connectivity index (χ1) is 10.3. The van der Waals surface area contributed by atoms with E-state index in [1.807, 2.05) is 0 Å². The first kappa shape index (κ1) is 19.2. The summed E-state index contributed by atoms with van der Waals surface area (Å²) in [6.07, 6.45) is 0.509. The van der Waals surface area contributed by atoms with Crippen molar-refractivity contribution in [2.75, 3.05) is 13.2 Å². The maximum absolute atomic E-state index is 14.6. The predicted molar refractivity (Wildman–Crippen MR) is 81.8 cm³/mol. The third-order valence-corrected chi connectivity index (χ3v) is 5.47. The molecule has 5 nitrogen and oxygen atoms in total. The summed E-state index contributed by atoms with van der Waals surface area (Å²) in [5.41, 5.74) is -3.68. The summed E-state index contributed by atoms with van der Waals surface area (Å²) in [6, 6.07) is 3.96. The van der Waals surface area contributed by atoms with Gasteiger partial charge in [-0.25, -0.2) is 0 Å². The highest BCUT2D eigenvalue weighted by Crippen LogP contribution is 2.67. The molecule has 1 N–H and O–H groups in total. The lowest BCUT2D eigenvalue weighted by Crippen LogP contribution is -2.19. The Kier molecular flexibility index (Phi) is 7.12. The first-order valence-corrected chi connectivity index (χ1v) is 8.89. The Morgan fingerprint density at radius 3 is 2.36 bits per heavy atom. The molecule has 124 valence electrons. The van der Waals surface area contributed by atoms with Crippen molar-refractivity contribution < 1.29 is 27.2 Å². The number of alkyl halides is 2. The zero-order valence-corrected chi connectivity index (χ0v) is 14.6. The highest BCUT2D eigenvalue weighted by atomic mass is 79.9. The molecular weight excluding hydrogens is 383 g/mol. The molecule has 0 spiro atoms. The van der Waals surface area contributed by atoms with Crippen LogP contribution >= 0.6 is 23.5 Å². The lowest BCUT2D eigenvalue weighted by Gasteiger charge is -2.26. The van der Waals surface area contributed by atoms with E-state index in [-0.39, 0.29) is 24.2 Å². The quantitative estimate of drug-likeness (QED) is 0.503. The molecular formula is C13H17BrF2NO4P. The van der Waals surface area contributed by atoms with Crippen molar-refractivity contribution in [3.05, 3.63) is 33.8 Å². The summed E-state index contributed by atoms with van der Waals surface area (Å²) >= 11 is 3.04. The van der Waals surface area contributed by atoms with E-state index in [2.05, 4.69) is 21.2 Å².